The number of nitrogens with zero attached hydrogens (tertiary/aromatic N) is 1. The Labute approximate surface area is 141 Å². The van der Waals surface area contributed by atoms with Gasteiger partial charge in [-0.25, -0.2) is 4.98 Å². The molecule has 2 aromatic rings. The standard InChI is InChI=1S/C18H20ClNO3/c1-3-22-15-7-8-17(16(19)10-15)23-18-9-6-14(11-20-18)5-4-13(2)12-21/h4-11,13,21H,3,12H2,1-2H3. The van der Waals surface area contributed by atoms with E-state index in [0.717, 1.165) is 5.56 Å². The highest BCUT2D eigenvalue weighted by Crippen LogP contribution is 2.31. The summed E-state index contributed by atoms with van der Waals surface area (Å²) in [6.45, 7) is 4.57. The van der Waals surface area contributed by atoms with E-state index in [9.17, 15) is 0 Å². The van der Waals surface area contributed by atoms with E-state index in [0.29, 0.717) is 29.0 Å². The van der Waals surface area contributed by atoms with E-state index in [4.69, 9.17) is 26.2 Å². The van der Waals surface area contributed by atoms with E-state index in [2.05, 4.69) is 4.98 Å². The summed E-state index contributed by atoms with van der Waals surface area (Å²) >= 11 is 6.18. The third-order valence-electron chi connectivity index (χ3n) is 3.09. The quantitative estimate of drug-likeness (QED) is 0.806. The van der Waals surface area contributed by atoms with Gasteiger partial charge in [0.2, 0.25) is 5.88 Å². The van der Waals surface area contributed by atoms with Crippen LogP contribution < -0.4 is 9.47 Å². The van der Waals surface area contributed by atoms with Crippen LogP contribution in [-0.2, 0) is 0 Å². The van der Waals surface area contributed by atoms with Gasteiger partial charge >= 0.3 is 0 Å². The second-order valence-electron chi connectivity index (χ2n) is 5.08. The maximum absolute atomic E-state index is 8.99. The Bertz CT molecular complexity index is 656. The van der Waals surface area contributed by atoms with Crippen molar-refractivity contribution in [1.29, 1.82) is 0 Å². The van der Waals surface area contributed by atoms with Crippen LogP contribution in [0.25, 0.3) is 6.08 Å². The molecule has 0 radical (unpaired) electrons. The van der Waals surface area contributed by atoms with Crippen LogP contribution in [0.1, 0.15) is 19.4 Å². The number of hydrogen-bond acceptors (Lipinski definition) is 4. The monoisotopic (exact) mass is 333 g/mol. The molecule has 1 N–H and O–H groups in total. The number of ether oxygens (including phenoxy) is 2. The molecular weight excluding hydrogens is 314 g/mol. The molecule has 0 spiro atoms. The van der Waals surface area contributed by atoms with Gasteiger partial charge < -0.3 is 14.6 Å². The minimum atomic E-state index is 0.119. The van der Waals surface area contributed by atoms with Crippen molar-refractivity contribution in [2.75, 3.05) is 13.2 Å². The zero-order chi connectivity index (χ0) is 16.7. The molecule has 1 unspecified atom stereocenters. The molecule has 1 heterocycles. The minimum Gasteiger partial charge on any atom is -0.494 e. The fourth-order valence-corrected chi connectivity index (χ4v) is 2.03. The molecule has 0 aliphatic carbocycles. The molecule has 2 rings (SSSR count). The second-order valence-corrected chi connectivity index (χ2v) is 5.48. The largest absolute Gasteiger partial charge is 0.494 e. The Morgan fingerprint density at radius 2 is 2.13 bits per heavy atom. The van der Waals surface area contributed by atoms with Crippen molar-refractivity contribution in [3.63, 3.8) is 0 Å². The lowest BCUT2D eigenvalue weighted by Gasteiger charge is -2.09. The summed E-state index contributed by atoms with van der Waals surface area (Å²) in [5.74, 6) is 1.81. The van der Waals surface area contributed by atoms with E-state index in [1.807, 2.05) is 32.1 Å². The lowest BCUT2D eigenvalue weighted by atomic mass is 10.1. The molecule has 5 heteroatoms. The van der Waals surface area contributed by atoms with Gasteiger partial charge in [-0.3, -0.25) is 0 Å². The Hall–Kier alpha value is -2.04. The Morgan fingerprint density at radius 1 is 1.30 bits per heavy atom. The summed E-state index contributed by atoms with van der Waals surface area (Å²) in [6, 6.07) is 8.94. The fraction of sp³-hybridized carbons (Fsp3) is 0.278. The topological polar surface area (TPSA) is 51.6 Å². The molecule has 122 valence electrons. The maximum Gasteiger partial charge on any atom is 0.219 e. The molecule has 1 aromatic heterocycles. The Balaban J connectivity index is 2.05. The molecule has 0 bridgehead atoms. The molecular formula is C18H20ClNO3. The third-order valence-corrected chi connectivity index (χ3v) is 3.39. The van der Waals surface area contributed by atoms with Gasteiger partial charge in [-0.15, -0.1) is 0 Å². The van der Waals surface area contributed by atoms with Crippen molar-refractivity contribution in [1.82, 2.24) is 4.98 Å². The SMILES string of the molecule is CCOc1ccc(Oc2ccc(C=CC(C)CO)cn2)c(Cl)c1. The average Bonchev–Trinajstić information content (AvgIpc) is 2.56. The molecule has 0 amide bonds. The molecule has 0 aliphatic rings. The van der Waals surface area contributed by atoms with Crippen LogP contribution in [0.15, 0.2) is 42.6 Å². The zero-order valence-corrected chi connectivity index (χ0v) is 14.0. The number of halogens is 1. The molecule has 0 fully saturated rings. The third kappa shape index (κ3) is 5.27. The molecule has 1 atom stereocenters. The van der Waals surface area contributed by atoms with Gasteiger partial charge in [0.25, 0.3) is 0 Å². The first-order valence-electron chi connectivity index (χ1n) is 7.47. The fourth-order valence-electron chi connectivity index (χ4n) is 1.82. The second kappa shape index (κ2) is 8.56. The summed E-state index contributed by atoms with van der Waals surface area (Å²) in [4.78, 5) is 4.25. The first-order chi connectivity index (χ1) is 11.1. The van der Waals surface area contributed by atoms with Crippen LogP contribution in [0.2, 0.25) is 5.02 Å². The Morgan fingerprint density at radius 3 is 2.74 bits per heavy atom. The van der Waals surface area contributed by atoms with Gasteiger partial charge in [0.15, 0.2) is 0 Å². The predicted molar refractivity (Wildman–Crippen MR) is 92.2 cm³/mol. The van der Waals surface area contributed by atoms with Crippen LogP contribution in [-0.4, -0.2) is 23.3 Å². The highest BCUT2D eigenvalue weighted by atomic mass is 35.5. The molecule has 0 saturated carbocycles. The van der Waals surface area contributed by atoms with E-state index < -0.39 is 0 Å². The number of pyridine rings is 1. The summed E-state index contributed by atoms with van der Waals surface area (Å²) in [7, 11) is 0. The van der Waals surface area contributed by atoms with Crippen LogP contribution in [0.4, 0.5) is 0 Å². The number of rotatable bonds is 7. The van der Waals surface area contributed by atoms with Crippen LogP contribution in [0.5, 0.6) is 17.4 Å². The molecule has 4 nitrogen and oxygen atoms in total. The van der Waals surface area contributed by atoms with Crippen molar-refractivity contribution in [2.45, 2.75) is 13.8 Å². The van der Waals surface area contributed by atoms with Crippen molar-refractivity contribution in [2.24, 2.45) is 5.92 Å². The molecule has 0 aliphatic heterocycles. The van der Waals surface area contributed by atoms with Gasteiger partial charge in [0.1, 0.15) is 11.5 Å². The Kier molecular flexibility index (Phi) is 6.44. The van der Waals surface area contributed by atoms with Gasteiger partial charge in [0.05, 0.1) is 11.6 Å². The maximum atomic E-state index is 8.99. The van der Waals surface area contributed by atoms with Crippen molar-refractivity contribution in [3.05, 3.63) is 53.2 Å². The summed E-state index contributed by atoms with van der Waals surface area (Å²) in [5.41, 5.74) is 0.940. The summed E-state index contributed by atoms with van der Waals surface area (Å²) < 4.78 is 11.1. The first kappa shape index (κ1) is 17.3. The van der Waals surface area contributed by atoms with Crippen molar-refractivity contribution < 1.29 is 14.6 Å². The summed E-state index contributed by atoms with van der Waals surface area (Å²) in [6.07, 6.45) is 5.56. The van der Waals surface area contributed by atoms with Gasteiger partial charge in [0, 0.05) is 24.9 Å². The number of aliphatic hydroxyl groups is 1. The molecule has 1 aromatic carbocycles. The average molecular weight is 334 g/mol. The van der Waals surface area contributed by atoms with Gasteiger partial charge in [-0.05, 0) is 36.6 Å². The van der Waals surface area contributed by atoms with E-state index >= 15 is 0 Å². The van der Waals surface area contributed by atoms with Gasteiger partial charge in [-0.1, -0.05) is 30.7 Å². The van der Waals surface area contributed by atoms with E-state index in [1.165, 1.54) is 0 Å². The van der Waals surface area contributed by atoms with Crippen LogP contribution in [0.3, 0.4) is 0 Å². The van der Waals surface area contributed by atoms with E-state index in [1.54, 1.807) is 30.5 Å². The lowest BCUT2D eigenvalue weighted by molar-refractivity contribution is 0.262. The first-order valence-corrected chi connectivity index (χ1v) is 7.85. The van der Waals surface area contributed by atoms with Crippen LogP contribution >= 0.6 is 11.6 Å². The highest BCUT2D eigenvalue weighted by molar-refractivity contribution is 6.32. The van der Waals surface area contributed by atoms with Crippen LogP contribution in [0, 0.1) is 5.92 Å². The van der Waals surface area contributed by atoms with Crippen molar-refractivity contribution >= 4 is 17.7 Å². The highest BCUT2D eigenvalue weighted by Gasteiger charge is 2.06. The number of aromatic nitrogens is 1. The van der Waals surface area contributed by atoms with Gasteiger partial charge in [-0.2, -0.15) is 0 Å². The minimum absolute atomic E-state index is 0.119. The summed E-state index contributed by atoms with van der Waals surface area (Å²) in [5, 5.41) is 9.46. The normalized spacial score (nSPS) is 12.3. The predicted octanol–water partition coefficient (Wildman–Crippen LogP) is 4.57. The number of benzene rings is 1. The molecule has 23 heavy (non-hydrogen) atoms. The number of hydrogen-bond donors (Lipinski definition) is 1. The zero-order valence-electron chi connectivity index (χ0n) is 13.2. The smallest absolute Gasteiger partial charge is 0.219 e. The molecule has 0 saturated heterocycles. The number of aliphatic hydroxyl groups excluding tert-OH is 1. The van der Waals surface area contributed by atoms with Crippen molar-refractivity contribution in [3.8, 4) is 17.4 Å². The van der Waals surface area contributed by atoms with E-state index in [-0.39, 0.29) is 12.5 Å². The lowest BCUT2D eigenvalue weighted by Crippen LogP contribution is -1.95.